The zero-order chi connectivity index (χ0) is 19.7. The lowest BCUT2D eigenvalue weighted by atomic mass is 9.95. The van der Waals surface area contributed by atoms with Gasteiger partial charge >= 0.3 is 12.0 Å². The van der Waals surface area contributed by atoms with Crippen LogP contribution < -0.4 is 5.32 Å². The van der Waals surface area contributed by atoms with Crippen molar-refractivity contribution >= 4 is 23.8 Å². The second kappa shape index (κ2) is 7.38. The molecule has 2 heterocycles. The van der Waals surface area contributed by atoms with Crippen LogP contribution in [-0.4, -0.2) is 57.3 Å². The summed E-state index contributed by atoms with van der Waals surface area (Å²) in [6, 6.07) is 5.78. The van der Waals surface area contributed by atoms with Gasteiger partial charge in [0.15, 0.2) is 0 Å². The molecule has 4 amide bonds. The van der Waals surface area contributed by atoms with E-state index in [0.717, 1.165) is 16.0 Å². The van der Waals surface area contributed by atoms with Crippen molar-refractivity contribution < 1.29 is 24.3 Å². The van der Waals surface area contributed by atoms with Gasteiger partial charge in [0.05, 0.1) is 0 Å². The van der Waals surface area contributed by atoms with Crippen LogP contribution in [0.5, 0.6) is 0 Å². The maximum Gasteiger partial charge on any atom is 0.327 e. The molecule has 0 aromatic heterocycles. The highest BCUT2D eigenvalue weighted by Gasteiger charge is 2.46. The number of rotatable bonds is 6. The van der Waals surface area contributed by atoms with E-state index in [1.807, 2.05) is 24.3 Å². The number of amides is 4. The predicted molar refractivity (Wildman–Crippen MR) is 95.6 cm³/mol. The molecular weight excluding hydrogens is 350 g/mol. The fourth-order valence-electron chi connectivity index (χ4n) is 3.55. The number of nitrogens with zero attached hydrogens (tertiary/aromatic N) is 2. The summed E-state index contributed by atoms with van der Waals surface area (Å²) in [6.45, 7) is 3.71. The SMILES string of the molecule is CC(C)[C@@H](NC(=O)CCN1C(=O)[C@H]2Cc3ccccc3CN2C1=O)C(=O)O. The highest BCUT2D eigenvalue weighted by molar-refractivity contribution is 6.05. The van der Waals surface area contributed by atoms with Crippen molar-refractivity contribution in [3.63, 3.8) is 0 Å². The van der Waals surface area contributed by atoms with Crippen molar-refractivity contribution in [3.05, 3.63) is 35.4 Å². The quantitative estimate of drug-likeness (QED) is 0.723. The van der Waals surface area contributed by atoms with Crippen molar-refractivity contribution in [3.8, 4) is 0 Å². The van der Waals surface area contributed by atoms with Crippen LogP contribution in [-0.2, 0) is 27.3 Å². The Morgan fingerprint density at radius 3 is 2.52 bits per heavy atom. The summed E-state index contributed by atoms with van der Waals surface area (Å²) in [5.74, 6) is -2.18. The number of carbonyl (C=O) groups excluding carboxylic acids is 3. The van der Waals surface area contributed by atoms with Gasteiger partial charge in [0.2, 0.25) is 5.91 Å². The Morgan fingerprint density at radius 2 is 1.89 bits per heavy atom. The molecule has 27 heavy (non-hydrogen) atoms. The molecule has 2 atom stereocenters. The highest BCUT2D eigenvalue weighted by Crippen LogP contribution is 2.29. The third-order valence-corrected chi connectivity index (χ3v) is 5.09. The summed E-state index contributed by atoms with van der Waals surface area (Å²) >= 11 is 0. The van der Waals surface area contributed by atoms with Crippen LogP contribution in [0.1, 0.15) is 31.4 Å². The molecule has 3 rings (SSSR count). The van der Waals surface area contributed by atoms with Crippen LogP contribution in [0.2, 0.25) is 0 Å². The highest BCUT2D eigenvalue weighted by atomic mass is 16.4. The summed E-state index contributed by atoms with van der Waals surface area (Å²) in [5, 5.41) is 11.6. The molecule has 1 aromatic carbocycles. The van der Waals surface area contributed by atoms with Crippen molar-refractivity contribution in [2.75, 3.05) is 6.54 Å². The molecule has 0 radical (unpaired) electrons. The molecule has 0 unspecified atom stereocenters. The predicted octanol–water partition coefficient (Wildman–Crippen LogP) is 0.991. The standard InChI is InChI=1S/C19H23N3O5/c1-11(2)16(18(25)26)20-15(23)7-8-21-17(24)14-9-12-5-3-4-6-13(12)10-22(14)19(21)27/h3-6,11,14,16H,7-10H2,1-2H3,(H,20,23)(H,25,26)/t14-,16-/m1/s1. The van der Waals surface area contributed by atoms with Crippen molar-refractivity contribution in [1.29, 1.82) is 0 Å². The minimum Gasteiger partial charge on any atom is -0.480 e. The van der Waals surface area contributed by atoms with E-state index in [0.29, 0.717) is 13.0 Å². The van der Waals surface area contributed by atoms with Crippen molar-refractivity contribution in [2.45, 2.75) is 45.3 Å². The van der Waals surface area contributed by atoms with Crippen LogP contribution in [0.15, 0.2) is 24.3 Å². The second-order valence-corrected chi connectivity index (χ2v) is 7.27. The summed E-state index contributed by atoms with van der Waals surface area (Å²) in [5.41, 5.74) is 2.08. The molecule has 1 aromatic rings. The van der Waals surface area contributed by atoms with E-state index in [1.54, 1.807) is 13.8 Å². The Hall–Kier alpha value is -2.90. The van der Waals surface area contributed by atoms with Gasteiger partial charge < -0.3 is 15.3 Å². The molecular formula is C19H23N3O5. The topological polar surface area (TPSA) is 107 Å². The molecule has 0 spiro atoms. The summed E-state index contributed by atoms with van der Waals surface area (Å²) in [6.07, 6.45) is 0.347. The fourth-order valence-corrected chi connectivity index (χ4v) is 3.55. The number of carbonyl (C=O) groups is 4. The van der Waals surface area contributed by atoms with Gasteiger partial charge in [-0.15, -0.1) is 0 Å². The van der Waals surface area contributed by atoms with Gasteiger partial charge in [-0.05, 0) is 17.0 Å². The summed E-state index contributed by atoms with van der Waals surface area (Å²) in [4.78, 5) is 51.2. The van der Waals surface area contributed by atoms with Crippen LogP contribution in [0.4, 0.5) is 4.79 Å². The first-order valence-corrected chi connectivity index (χ1v) is 9.00. The number of carboxylic acids is 1. The first-order chi connectivity index (χ1) is 12.8. The maximum absolute atomic E-state index is 12.6. The number of hydrogen-bond acceptors (Lipinski definition) is 4. The summed E-state index contributed by atoms with van der Waals surface area (Å²) in [7, 11) is 0. The van der Waals surface area contributed by atoms with E-state index in [1.165, 1.54) is 4.90 Å². The Morgan fingerprint density at radius 1 is 1.22 bits per heavy atom. The third kappa shape index (κ3) is 3.65. The van der Waals surface area contributed by atoms with E-state index in [-0.39, 0.29) is 24.8 Å². The third-order valence-electron chi connectivity index (χ3n) is 5.09. The maximum atomic E-state index is 12.6. The summed E-state index contributed by atoms with van der Waals surface area (Å²) < 4.78 is 0. The molecule has 8 nitrogen and oxygen atoms in total. The zero-order valence-corrected chi connectivity index (χ0v) is 15.3. The van der Waals surface area contributed by atoms with Crippen LogP contribution >= 0.6 is 0 Å². The number of hydrogen-bond donors (Lipinski definition) is 2. The molecule has 0 saturated carbocycles. The van der Waals surface area contributed by atoms with E-state index < -0.39 is 30.0 Å². The van der Waals surface area contributed by atoms with Gasteiger partial charge in [-0.3, -0.25) is 14.5 Å². The van der Waals surface area contributed by atoms with Crippen LogP contribution in [0, 0.1) is 5.92 Å². The monoisotopic (exact) mass is 373 g/mol. The number of carboxylic acid groups (broad SMARTS) is 1. The Labute approximate surface area is 157 Å². The zero-order valence-electron chi connectivity index (χ0n) is 15.3. The Kier molecular flexibility index (Phi) is 5.16. The average Bonchev–Trinajstić information content (AvgIpc) is 2.86. The molecule has 0 bridgehead atoms. The molecule has 144 valence electrons. The number of nitrogens with one attached hydrogen (secondary N) is 1. The van der Waals surface area contributed by atoms with Crippen molar-refractivity contribution in [1.82, 2.24) is 15.1 Å². The largest absolute Gasteiger partial charge is 0.480 e. The average molecular weight is 373 g/mol. The molecule has 1 saturated heterocycles. The first-order valence-electron chi connectivity index (χ1n) is 9.00. The van der Waals surface area contributed by atoms with Gasteiger partial charge in [0.1, 0.15) is 12.1 Å². The lowest BCUT2D eigenvalue weighted by molar-refractivity contribution is -0.143. The Balaban J connectivity index is 1.62. The smallest absolute Gasteiger partial charge is 0.327 e. The molecule has 1 fully saturated rings. The normalized spacial score (nSPS) is 19.7. The van der Waals surface area contributed by atoms with Gasteiger partial charge in [-0.2, -0.15) is 0 Å². The van der Waals surface area contributed by atoms with Gasteiger partial charge in [0.25, 0.3) is 5.91 Å². The van der Waals surface area contributed by atoms with E-state index in [4.69, 9.17) is 5.11 Å². The van der Waals surface area contributed by atoms with Gasteiger partial charge in [-0.1, -0.05) is 38.1 Å². The molecule has 2 aliphatic rings. The van der Waals surface area contributed by atoms with E-state index in [2.05, 4.69) is 5.32 Å². The minimum atomic E-state index is -1.11. The lowest BCUT2D eigenvalue weighted by Gasteiger charge is -2.28. The number of benzene rings is 1. The fraction of sp³-hybridized carbons (Fsp3) is 0.474. The number of imide groups is 1. The molecule has 8 heteroatoms. The van der Waals surface area contributed by atoms with Gasteiger partial charge in [0, 0.05) is 25.9 Å². The molecule has 0 aliphatic carbocycles. The molecule has 2 N–H and O–H groups in total. The van der Waals surface area contributed by atoms with Crippen LogP contribution in [0.25, 0.3) is 0 Å². The number of fused-ring (bicyclic) bond motifs is 2. The first kappa shape index (κ1) is 18.9. The lowest BCUT2D eigenvalue weighted by Crippen LogP contribution is -2.45. The number of urea groups is 1. The van der Waals surface area contributed by atoms with Crippen LogP contribution in [0.3, 0.4) is 0 Å². The minimum absolute atomic E-state index is 0.0583. The van der Waals surface area contributed by atoms with E-state index >= 15 is 0 Å². The number of aliphatic carboxylic acids is 1. The molecule has 2 aliphatic heterocycles. The van der Waals surface area contributed by atoms with Gasteiger partial charge in [-0.25, -0.2) is 9.59 Å². The van der Waals surface area contributed by atoms with E-state index in [9.17, 15) is 19.2 Å². The second-order valence-electron chi connectivity index (χ2n) is 7.27. The Bertz CT molecular complexity index is 748. The van der Waals surface area contributed by atoms with Crippen molar-refractivity contribution in [2.24, 2.45) is 5.92 Å².